The molecule has 1 atom stereocenters. The van der Waals surface area contributed by atoms with Gasteiger partial charge in [-0.1, -0.05) is 6.92 Å². The monoisotopic (exact) mass is 304 g/mol. The van der Waals surface area contributed by atoms with Gasteiger partial charge in [-0.05, 0) is 24.8 Å². The van der Waals surface area contributed by atoms with Gasteiger partial charge in [0.25, 0.3) is 5.69 Å². The molecule has 106 valence electrons. The van der Waals surface area contributed by atoms with Crippen molar-refractivity contribution in [3.8, 4) is 0 Å². The van der Waals surface area contributed by atoms with E-state index in [-0.39, 0.29) is 16.6 Å². The van der Waals surface area contributed by atoms with E-state index in [0.717, 1.165) is 0 Å². The van der Waals surface area contributed by atoms with E-state index in [1.807, 2.05) is 13.2 Å². The van der Waals surface area contributed by atoms with Crippen LogP contribution in [0.15, 0.2) is 29.2 Å². The topological polar surface area (TPSA) is 89.3 Å². The number of benzene rings is 1. The maximum absolute atomic E-state index is 12.1. The molecule has 1 aromatic rings. The largest absolute Gasteiger partial charge is 0.269 e. The van der Waals surface area contributed by atoms with Gasteiger partial charge in [0.05, 0.1) is 9.82 Å². The molecule has 8 heteroatoms. The minimum atomic E-state index is -3.62. The minimum absolute atomic E-state index is 0.0395. The molecule has 0 aliphatic rings. The zero-order valence-corrected chi connectivity index (χ0v) is 12.3. The third-order valence-electron chi connectivity index (χ3n) is 2.54. The first kappa shape index (κ1) is 15.9. The number of nitro benzene ring substituents is 1. The Hall–Kier alpha value is -1.12. The molecule has 6 nitrogen and oxygen atoms in total. The molecule has 0 aliphatic heterocycles. The summed E-state index contributed by atoms with van der Waals surface area (Å²) in [6, 6.07) is 4.71. The Bertz CT molecular complexity index is 528. The minimum Gasteiger partial charge on any atom is -0.258 e. The van der Waals surface area contributed by atoms with Crippen molar-refractivity contribution in [3.63, 3.8) is 0 Å². The lowest BCUT2D eigenvalue weighted by molar-refractivity contribution is -0.384. The molecular weight excluding hydrogens is 288 g/mol. The first-order valence-electron chi connectivity index (χ1n) is 5.66. The molecule has 0 amide bonds. The van der Waals surface area contributed by atoms with Crippen LogP contribution >= 0.6 is 11.8 Å². The van der Waals surface area contributed by atoms with E-state index in [4.69, 9.17) is 0 Å². The molecule has 0 bridgehead atoms. The maximum Gasteiger partial charge on any atom is 0.269 e. The van der Waals surface area contributed by atoms with E-state index in [1.54, 1.807) is 11.8 Å². The molecule has 19 heavy (non-hydrogen) atoms. The summed E-state index contributed by atoms with van der Waals surface area (Å²) in [7, 11) is -3.62. The number of hydrogen-bond acceptors (Lipinski definition) is 5. The van der Waals surface area contributed by atoms with Crippen LogP contribution in [0.25, 0.3) is 0 Å². The van der Waals surface area contributed by atoms with E-state index >= 15 is 0 Å². The van der Waals surface area contributed by atoms with Gasteiger partial charge in [0.15, 0.2) is 0 Å². The predicted molar refractivity (Wildman–Crippen MR) is 75.9 cm³/mol. The van der Waals surface area contributed by atoms with Crippen LogP contribution in [-0.2, 0) is 10.0 Å². The molecule has 0 radical (unpaired) electrons. The lowest BCUT2D eigenvalue weighted by Gasteiger charge is -2.15. The fourth-order valence-corrected chi connectivity index (χ4v) is 3.62. The molecule has 1 rings (SSSR count). The van der Waals surface area contributed by atoms with Gasteiger partial charge in [0, 0.05) is 23.9 Å². The van der Waals surface area contributed by atoms with Gasteiger partial charge in [-0.25, -0.2) is 13.1 Å². The third-order valence-corrected chi connectivity index (χ3v) is 4.81. The fourth-order valence-electron chi connectivity index (χ4n) is 1.47. The number of thioether (sulfide) groups is 1. The van der Waals surface area contributed by atoms with Crippen molar-refractivity contribution in [1.82, 2.24) is 4.72 Å². The predicted octanol–water partition coefficient (Wildman–Crippen LogP) is 2.01. The average Bonchev–Trinajstić information content (AvgIpc) is 2.38. The van der Waals surface area contributed by atoms with Gasteiger partial charge in [0.1, 0.15) is 0 Å². The summed E-state index contributed by atoms with van der Waals surface area (Å²) >= 11 is 1.56. The van der Waals surface area contributed by atoms with Crippen molar-refractivity contribution in [2.75, 3.05) is 12.0 Å². The summed E-state index contributed by atoms with van der Waals surface area (Å²) in [4.78, 5) is 9.99. The van der Waals surface area contributed by atoms with Crippen molar-refractivity contribution in [2.45, 2.75) is 24.3 Å². The van der Waals surface area contributed by atoms with Gasteiger partial charge in [-0.2, -0.15) is 11.8 Å². The summed E-state index contributed by atoms with van der Waals surface area (Å²) in [5, 5.41) is 10.5. The molecule has 1 aromatic carbocycles. The zero-order valence-electron chi connectivity index (χ0n) is 10.7. The number of sulfonamides is 1. The zero-order chi connectivity index (χ0) is 14.5. The van der Waals surface area contributed by atoms with Crippen LogP contribution < -0.4 is 4.72 Å². The Labute approximate surface area is 116 Å². The highest BCUT2D eigenvalue weighted by atomic mass is 32.2. The Morgan fingerprint density at radius 3 is 2.37 bits per heavy atom. The quantitative estimate of drug-likeness (QED) is 0.615. The smallest absolute Gasteiger partial charge is 0.258 e. The Morgan fingerprint density at radius 1 is 1.37 bits per heavy atom. The lowest BCUT2D eigenvalue weighted by Crippen LogP contribution is -2.36. The fraction of sp³-hybridized carbons (Fsp3) is 0.455. The molecule has 1 unspecified atom stereocenters. The van der Waals surface area contributed by atoms with Crippen LogP contribution in [0.3, 0.4) is 0 Å². The molecule has 0 spiro atoms. The lowest BCUT2D eigenvalue weighted by atomic mass is 10.3. The van der Waals surface area contributed by atoms with Gasteiger partial charge >= 0.3 is 0 Å². The van der Waals surface area contributed by atoms with E-state index in [1.165, 1.54) is 24.3 Å². The molecule has 0 aliphatic carbocycles. The van der Waals surface area contributed by atoms with Crippen LogP contribution in [0.1, 0.15) is 13.3 Å². The second-order valence-electron chi connectivity index (χ2n) is 3.93. The molecule has 0 saturated carbocycles. The van der Waals surface area contributed by atoms with E-state index < -0.39 is 14.9 Å². The highest BCUT2D eigenvalue weighted by Crippen LogP contribution is 2.16. The molecule has 0 heterocycles. The highest BCUT2D eigenvalue weighted by molar-refractivity contribution is 7.98. The van der Waals surface area contributed by atoms with Crippen LogP contribution in [-0.4, -0.2) is 31.4 Å². The normalized spacial score (nSPS) is 13.2. The van der Waals surface area contributed by atoms with Gasteiger partial charge in [-0.3, -0.25) is 10.1 Å². The standard InChI is InChI=1S/C11H16N2O4S2/c1-3-9(8-18-2)12-19(16,17)11-6-4-10(5-7-11)13(14)15/h4-7,9,12H,3,8H2,1-2H3. The van der Waals surface area contributed by atoms with Crippen molar-refractivity contribution < 1.29 is 13.3 Å². The first-order chi connectivity index (χ1) is 8.90. The maximum atomic E-state index is 12.1. The van der Waals surface area contributed by atoms with Crippen molar-refractivity contribution in [1.29, 1.82) is 0 Å². The van der Waals surface area contributed by atoms with E-state index in [0.29, 0.717) is 12.2 Å². The summed E-state index contributed by atoms with van der Waals surface area (Å²) < 4.78 is 26.7. The number of nitrogens with zero attached hydrogens (tertiary/aromatic N) is 1. The second-order valence-corrected chi connectivity index (χ2v) is 6.56. The van der Waals surface area contributed by atoms with Crippen molar-refractivity contribution in [3.05, 3.63) is 34.4 Å². The van der Waals surface area contributed by atoms with Crippen LogP contribution in [0.4, 0.5) is 5.69 Å². The van der Waals surface area contributed by atoms with E-state index in [2.05, 4.69) is 4.72 Å². The Morgan fingerprint density at radius 2 is 1.95 bits per heavy atom. The van der Waals surface area contributed by atoms with E-state index in [9.17, 15) is 18.5 Å². The van der Waals surface area contributed by atoms with Crippen LogP contribution in [0.5, 0.6) is 0 Å². The van der Waals surface area contributed by atoms with Gasteiger partial charge < -0.3 is 0 Å². The molecule has 1 N–H and O–H groups in total. The molecule has 0 fully saturated rings. The van der Waals surface area contributed by atoms with Gasteiger partial charge in [0.2, 0.25) is 10.0 Å². The molecule has 0 saturated heterocycles. The third kappa shape index (κ3) is 4.48. The first-order valence-corrected chi connectivity index (χ1v) is 8.54. The molecule has 0 aromatic heterocycles. The van der Waals surface area contributed by atoms with Crippen LogP contribution in [0, 0.1) is 10.1 Å². The number of nitro groups is 1. The highest BCUT2D eigenvalue weighted by Gasteiger charge is 2.19. The Kier molecular flexibility index (Phi) is 5.77. The summed E-state index contributed by atoms with van der Waals surface area (Å²) in [6.07, 6.45) is 2.59. The number of hydrogen-bond donors (Lipinski definition) is 1. The van der Waals surface area contributed by atoms with Crippen LogP contribution in [0.2, 0.25) is 0 Å². The number of rotatable bonds is 7. The summed E-state index contributed by atoms with van der Waals surface area (Å²) in [5.41, 5.74) is -0.130. The number of non-ortho nitro benzene ring substituents is 1. The Balaban J connectivity index is 2.90. The molecular formula is C11H16N2O4S2. The number of nitrogens with one attached hydrogen (secondary N) is 1. The van der Waals surface area contributed by atoms with Crippen molar-refractivity contribution >= 4 is 27.5 Å². The summed E-state index contributed by atoms with van der Waals surface area (Å²) in [5.74, 6) is 0.683. The summed E-state index contributed by atoms with van der Waals surface area (Å²) in [6.45, 7) is 1.90. The van der Waals surface area contributed by atoms with Gasteiger partial charge in [-0.15, -0.1) is 0 Å². The SMILES string of the molecule is CCC(CSC)NS(=O)(=O)c1ccc([N+](=O)[O-])cc1. The second kappa shape index (κ2) is 6.88. The average molecular weight is 304 g/mol. The van der Waals surface area contributed by atoms with Crippen molar-refractivity contribution in [2.24, 2.45) is 0 Å².